The van der Waals surface area contributed by atoms with E-state index in [0.29, 0.717) is 4.90 Å². The van der Waals surface area contributed by atoms with Gasteiger partial charge in [0.2, 0.25) is 9.84 Å². The molecule has 1 aromatic carbocycles. The highest BCUT2D eigenvalue weighted by atomic mass is 127. The van der Waals surface area contributed by atoms with Crippen LogP contribution in [-0.2, 0) is 9.84 Å². The number of sulfone groups is 1. The van der Waals surface area contributed by atoms with Gasteiger partial charge in [0, 0.05) is 8.99 Å². The molecule has 0 radical (unpaired) electrons. The van der Waals surface area contributed by atoms with Gasteiger partial charge in [0.05, 0.1) is 4.90 Å². The van der Waals surface area contributed by atoms with Crippen molar-refractivity contribution < 1.29 is 8.42 Å². The summed E-state index contributed by atoms with van der Waals surface area (Å²) in [5, 5.41) is 1.36. The Labute approximate surface area is 111 Å². The predicted molar refractivity (Wildman–Crippen MR) is 75.4 cm³/mol. The second kappa shape index (κ2) is 5.82. The van der Waals surface area contributed by atoms with Crippen molar-refractivity contribution in [1.29, 1.82) is 0 Å². The topological polar surface area (TPSA) is 34.1 Å². The zero-order valence-electron chi connectivity index (χ0n) is 9.40. The summed E-state index contributed by atoms with van der Waals surface area (Å²) in [6, 6.07) is 6.93. The molecule has 0 aliphatic heterocycles. The van der Waals surface area contributed by atoms with E-state index in [1.807, 2.05) is 26.0 Å². The van der Waals surface area contributed by atoms with Crippen LogP contribution in [0.25, 0.3) is 0 Å². The molecule has 0 unspecified atom stereocenters. The number of rotatable bonds is 4. The lowest BCUT2D eigenvalue weighted by Gasteiger charge is -2.01. The van der Waals surface area contributed by atoms with Crippen LogP contribution in [0.3, 0.4) is 0 Å². The molecular weight excluding hydrogens is 335 g/mol. The van der Waals surface area contributed by atoms with Crippen LogP contribution >= 0.6 is 22.6 Å². The fourth-order valence-corrected chi connectivity index (χ4v) is 3.91. The molecule has 0 fully saturated rings. The number of aryl methyl sites for hydroxylation is 1. The van der Waals surface area contributed by atoms with E-state index < -0.39 is 9.84 Å². The van der Waals surface area contributed by atoms with E-state index in [0.717, 1.165) is 22.0 Å². The van der Waals surface area contributed by atoms with Gasteiger partial charge in [0.15, 0.2) is 0 Å². The molecule has 0 aliphatic rings. The summed E-state index contributed by atoms with van der Waals surface area (Å²) in [7, 11) is -3.27. The molecule has 1 aromatic rings. The summed E-state index contributed by atoms with van der Waals surface area (Å²) in [6.07, 6.45) is 1.77. The summed E-state index contributed by atoms with van der Waals surface area (Å²) < 4.78 is 24.8. The lowest BCUT2D eigenvalue weighted by molar-refractivity contribution is 0.604. The highest BCUT2D eigenvalue weighted by Gasteiger charge is 2.11. The van der Waals surface area contributed by atoms with E-state index in [2.05, 4.69) is 22.6 Å². The normalized spacial score (nSPS) is 12.8. The number of hydrogen-bond acceptors (Lipinski definition) is 2. The first kappa shape index (κ1) is 13.7. The van der Waals surface area contributed by atoms with E-state index in [4.69, 9.17) is 0 Å². The molecule has 0 bridgehead atoms. The molecule has 0 heterocycles. The summed E-state index contributed by atoms with van der Waals surface area (Å²) >= 11 is 2.08. The standard InChI is InChI=1S/C12H15IO2S/c1-3-4-11(13)9-16(14,15)12-7-5-10(2)6-8-12/h5-9H,3-4H2,1-2H3/b11-9+. The van der Waals surface area contributed by atoms with Crippen molar-refractivity contribution in [2.24, 2.45) is 0 Å². The maximum Gasteiger partial charge on any atom is 0.200 e. The molecule has 0 amide bonds. The van der Waals surface area contributed by atoms with Crippen LogP contribution in [-0.4, -0.2) is 8.42 Å². The molecule has 16 heavy (non-hydrogen) atoms. The molecule has 88 valence electrons. The number of hydrogen-bond donors (Lipinski definition) is 0. The third-order valence-electron chi connectivity index (χ3n) is 2.12. The molecule has 1 rings (SSSR count). The highest BCUT2D eigenvalue weighted by Crippen LogP contribution is 2.20. The fourth-order valence-electron chi connectivity index (χ4n) is 1.26. The second-order valence-electron chi connectivity index (χ2n) is 3.67. The number of benzene rings is 1. The molecule has 0 N–H and O–H groups in total. The van der Waals surface area contributed by atoms with E-state index in [1.54, 1.807) is 12.1 Å². The van der Waals surface area contributed by atoms with Gasteiger partial charge in [-0.1, -0.05) is 31.0 Å². The lowest BCUT2D eigenvalue weighted by Crippen LogP contribution is -1.97. The van der Waals surface area contributed by atoms with Crippen LogP contribution in [0.1, 0.15) is 25.3 Å². The average molecular weight is 350 g/mol. The van der Waals surface area contributed by atoms with Gasteiger partial charge in [0.25, 0.3) is 0 Å². The summed E-state index contributed by atoms with van der Waals surface area (Å²) in [5.41, 5.74) is 1.06. The first-order valence-electron chi connectivity index (χ1n) is 5.13. The molecule has 0 aromatic heterocycles. The van der Waals surface area contributed by atoms with E-state index in [-0.39, 0.29) is 0 Å². The Morgan fingerprint density at radius 3 is 2.38 bits per heavy atom. The van der Waals surface area contributed by atoms with Gasteiger partial charge < -0.3 is 0 Å². The Morgan fingerprint density at radius 2 is 1.88 bits per heavy atom. The Kier molecular flexibility index (Phi) is 4.98. The van der Waals surface area contributed by atoms with Gasteiger partial charge in [-0.15, -0.1) is 0 Å². The Balaban J connectivity index is 3.03. The smallest absolute Gasteiger partial charge is 0.200 e. The maximum absolute atomic E-state index is 11.9. The van der Waals surface area contributed by atoms with Crippen molar-refractivity contribution in [2.45, 2.75) is 31.6 Å². The Bertz CT molecular complexity index is 472. The minimum atomic E-state index is -3.27. The van der Waals surface area contributed by atoms with Gasteiger partial charge in [-0.2, -0.15) is 0 Å². The molecule has 0 spiro atoms. The van der Waals surface area contributed by atoms with Crippen molar-refractivity contribution in [3.8, 4) is 0 Å². The van der Waals surface area contributed by atoms with Gasteiger partial charge in [-0.25, -0.2) is 8.42 Å². The predicted octanol–water partition coefficient (Wildman–Crippen LogP) is 3.85. The molecule has 0 saturated carbocycles. The van der Waals surface area contributed by atoms with Crippen molar-refractivity contribution in [1.82, 2.24) is 0 Å². The van der Waals surface area contributed by atoms with Crippen molar-refractivity contribution in [3.63, 3.8) is 0 Å². The largest absolute Gasteiger partial charge is 0.219 e. The van der Waals surface area contributed by atoms with Gasteiger partial charge in [-0.3, -0.25) is 0 Å². The van der Waals surface area contributed by atoms with Crippen molar-refractivity contribution in [2.75, 3.05) is 0 Å². The minimum absolute atomic E-state index is 0.364. The van der Waals surface area contributed by atoms with Gasteiger partial charge in [0.1, 0.15) is 0 Å². The zero-order chi connectivity index (χ0) is 12.2. The molecule has 0 saturated heterocycles. The second-order valence-corrected chi connectivity index (χ2v) is 6.86. The fraction of sp³-hybridized carbons (Fsp3) is 0.333. The quantitative estimate of drug-likeness (QED) is 0.773. The summed E-state index contributed by atoms with van der Waals surface area (Å²) in [6.45, 7) is 3.97. The van der Waals surface area contributed by atoms with Crippen LogP contribution in [0.2, 0.25) is 0 Å². The minimum Gasteiger partial charge on any atom is -0.219 e. The maximum atomic E-state index is 11.9. The molecule has 0 atom stereocenters. The third-order valence-corrected chi connectivity index (χ3v) is 4.92. The Morgan fingerprint density at radius 1 is 1.31 bits per heavy atom. The third kappa shape index (κ3) is 3.90. The Hall–Kier alpha value is -0.360. The van der Waals surface area contributed by atoms with E-state index in [9.17, 15) is 8.42 Å². The highest BCUT2D eigenvalue weighted by molar-refractivity contribution is 14.1. The van der Waals surface area contributed by atoms with Crippen molar-refractivity contribution >= 4 is 32.4 Å². The monoisotopic (exact) mass is 350 g/mol. The van der Waals surface area contributed by atoms with Crippen LogP contribution in [0.4, 0.5) is 0 Å². The van der Waals surface area contributed by atoms with Gasteiger partial charge >= 0.3 is 0 Å². The van der Waals surface area contributed by atoms with E-state index in [1.165, 1.54) is 5.41 Å². The van der Waals surface area contributed by atoms with Crippen LogP contribution in [0, 0.1) is 6.92 Å². The average Bonchev–Trinajstić information content (AvgIpc) is 2.17. The molecule has 2 nitrogen and oxygen atoms in total. The first-order chi connectivity index (χ1) is 7.45. The van der Waals surface area contributed by atoms with Crippen LogP contribution in [0.15, 0.2) is 38.1 Å². The first-order valence-corrected chi connectivity index (χ1v) is 7.76. The summed E-state index contributed by atoms with van der Waals surface area (Å²) in [4.78, 5) is 0.364. The van der Waals surface area contributed by atoms with Crippen molar-refractivity contribution in [3.05, 3.63) is 38.8 Å². The summed E-state index contributed by atoms with van der Waals surface area (Å²) in [5.74, 6) is 0. The van der Waals surface area contributed by atoms with Crippen LogP contribution in [0.5, 0.6) is 0 Å². The number of allylic oxidation sites excluding steroid dienone is 1. The number of halogens is 1. The van der Waals surface area contributed by atoms with Gasteiger partial charge in [-0.05, 0) is 48.1 Å². The van der Waals surface area contributed by atoms with Crippen LogP contribution < -0.4 is 0 Å². The molecule has 4 heteroatoms. The zero-order valence-corrected chi connectivity index (χ0v) is 12.4. The molecule has 0 aliphatic carbocycles. The lowest BCUT2D eigenvalue weighted by atomic mass is 10.2. The molecular formula is C12H15IO2S. The van der Waals surface area contributed by atoms with E-state index >= 15 is 0 Å². The SMILES string of the molecule is CCC/C(I)=C\S(=O)(=O)c1ccc(C)cc1.